The first kappa shape index (κ1) is 13.0. The summed E-state index contributed by atoms with van der Waals surface area (Å²) in [6, 6.07) is 6.03. The molecule has 0 saturated carbocycles. The summed E-state index contributed by atoms with van der Waals surface area (Å²) in [7, 11) is 3.76. The van der Waals surface area contributed by atoms with Gasteiger partial charge in [0, 0.05) is 13.6 Å². The molecule has 5 nitrogen and oxygen atoms in total. The van der Waals surface area contributed by atoms with E-state index in [-0.39, 0.29) is 0 Å². The fraction of sp³-hybridized carbons (Fsp3) is 0.333. The van der Waals surface area contributed by atoms with Gasteiger partial charge in [-0.25, -0.2) is 0 Å². The van der Waals surface area contributed by atoms with Gasteiger partial charge in [0.2, 0.25) is 0 Å². The minimum absolute atomic E-state index is 0.414. The van der Waals surface area contributed by atoms with Crippen molar-refractivity contribution in [2.75, 3.05) is 7.05 Å². The van der Waals surface area contributed by atoms with Crippen LogP contribution in [0, 0.1) is 0 Å². The molecule has 18 heavy (non-hydrogen) atoms. The molecule has 96 valence electrons. The highest BCUT2D eigenvalue weighted by molar-refractivity contribution is 9.10. The molecular weight excluding hydrogens is 296 g/mol. The molecular formula is C12H15BrN4O. The van der Waals surface area contributed by atoms with Crippen LogP contribution in [0.25, 0.3) is 0 Å². The van der Waals surface area contributed by atoms with Crippen LogP contribution in [0.5, 0.6) is 5.75 Å². The van der Waals surface area contributed by atoms with Crippen LogP contribution in [-0.4, -0.2) is 22.0 Å². The van der Waals surface area contributed by atoms with E-state index in [1.54, 1.807) is 4.68 Å². The number of aromatic nitrogens is 3. The number of halogens is 1. The molecule has 1 heterocycles. The van der Waals surface area contributed by atoms with E-state index in [0.717, 1.165) is 22.5 Å². The summed E-state index contributed by atoms with van der Waals surface area (Å²) in [6.07, 6.45) is 1.84. The Hall–Kier alpha value is -1.40. The summed E-state index contributed by atoms with van der Waals surface area (Å²) in [5.41, 5.74) is 2.01. The zero-order chi connectivity index (χ0) is 13.0. The summed E-state index contributed by atoms with van der Waals surface area (Å²) in [4.78, 5) is 0. The zero-order valence-corrected chi connectivity index (χ0v) is 11.9. The van der Waals surface area contributed by atoms with E-state index in [1.165, 1.54) is 5.56 Å². The highest BCUT2D eigenvalue weighted by atomic mass is 79.9. The molecule has 0 radical (unpaired) electrons. The lowest BCUT2D eigenvalue weighted by atomic mass is 10.2. The Kier molecular flexibility index (Phi) is 4.33. The second-order valence-corrected chi connectivity index (χ2v) is 4.82. The molecule has 6 heteroatoms. The lowest BCUT2D eigenvalue weighted by Crippen LogP contribution is -2.05. The van der Waals surface area contributed by atoms with Crippen LogP contribution in [-0.2, 0) is 20.2 Å². The van der Waals surface area contributed by atoms with Crippen molar-refractivity contribution in [3.05, 3.63) is 40.1 Å². The third kappa shape index (κ3) is 3.30. The number of hydrogen-bond donors (Lipinski definition) is 1. The lowest BCUT2D eigenvalue weighted by Gasteiger charge is -2.08. The predicted molar refractivity (Wildman–Crippen MR) is 72.2 cm³/mol. The van der Waals surface area contributed by atoms with Gasteiger partial charge in [0.25, 0.3) is 0 Å². The smallest absolute Gasteiger partial charge is 0.134 e. The number of aryl methyl sites for hydroxylation is 1. The Balaban J connectivity index is 2.01. The second kappa shape index (κ2) is 5.97. The number of hydrogen-bond acceptors (Lipinski definition) is 4. The number of nitrogens with one attached hydrogen (secondary N) is 1. The molecule has 0 bridgehead atoms. The maximum Gasteiger partial charge on any atom is 0.134 e. The Bertz CT molecular complexity index is 527. The SMILES string of the molecule is CNCc1ccc(OCc2cn(C)nn2)c(Br)c1. The first-order valence-electron chi connectivity index (χ1n) is 5.60. The molecule has 1 aromatic heterocycles. The molecule has 0 spiro atoms. The lowest BCUT2D eigenvalue weighted by molar-refractivity contribution is 0.299. The van der Waals surface area contributed by atoms with Crippen molar-refractivity contribution in [2.45, 2.75) is 13.2 Å². The average Bonchev–Trinajstić information content (AvgIpc) is 2.74. The van der Waals surface area contributed by atoms with Crippen molar-refractivity contribution in [1.29, 1.82) is 0 Å². The Morgan fingerprint density at radius 1 is 1.44 bits per heavy atom. The highest BCUT2D eigenvalue weighted by Crippen LogP contribution is 2.26. The topological polar surface area (TPSA) is 52.0 Å². The standard InChI is InChI=1S/C12H15BrN4O/c1-14-6-9-3-4-12(11(13)5-9)18-8-10-7-17(2)16-15-10/h3-5,7,14H,6,8H2,1-2H3. The summed E-state index contributed by atoms with van der Waals surface area (Å²) in [5, 5.41) is 10.9. The number of benzene rings is 1. The molecule has 1 aromatic carbocycles. The van der Waals surface area contributed by atoms with Crippen LogP contribution in [0.2, 0.25) is 0 Å². The number of rotatable bonds is 5. The van der Waals surface area contributed by atoms with E-state index in [9.17, 15) is 0 Å². The Morgan fingerprint density at radius 2 is 2.28 bits per heavy atom. The summed E-state index contributed by atoms with van der Waals surface area (Å²) < 4.78 is 8.29. The van der Waals surface area contributed by atoms with E-state index in [4.69, 9.17) is 4.74 Å². The van der Waals surface area contributed by atoms with E-state index < -0.39 is 0 Å². The fourth-order valence-electron chi connectivity index (χ4n) is 1.59. The summed E-state index contributed by atoms with van der Waals surface area (Å²) in [6.45, 7) is 1.25. The molecule has 0 fully saturated rings. The summed E-state index contributed by atoms with van der Waals surface area (Å²) in [5.74, 6) is 0.806. The molecule has 0 amide bonds. The van der Waals surface area contributed by atoms with E-state index >= 15 is 0 Å². The zero-order valence-electron chi connectivity index (χ0n) is 10.4. The highest BCUT2D eigenvalue weighted by Gasteiger charge is 2.04. The van der Waals surface area contributed by atoms with Gasteiger partial charge in [-0.2, -0.15) is 0 Å². The molecule has 2 aromatic rings. The van der Waals surface area contributed by atoms with Crippen molar-refractivity contribution < 1.29 is 4.74 Å². The predicted octanol–water partition coefficient (Wildman–Crippen LogP) is 1.88. The Morgan fingerprint density at radius 3 is 2.89 bits per heavy atom. The first-order valence-corrected chi connectivity index (χ1v) is 6.39. The molecule has 0 aliphatic carbocycles. The second-order valence-electron chi connectivity index (χ2n) is 3.97. The number of nitrogens with zero attached hydrogens (tertiary/aromatic N) is 3. The van der Waals surface area contributed by atoms with Gasteiger partial charge in [0.05, 0.1) is 10.7 Å². The third-order valence-corrected chi connectivity index (χ3v) is 3.02. The minimum Gasteiger partial charge on any atom is -0.486 e. The normalized spacial score (nSPS) is 10.6. The van der Waals surface area contributed by atoms with E-state index in [1.807, 2.05) is 38.5 Å². The van der Waals surface area contributed by atoms with Crippen LogP contribution >= 0.6 is 15.9 Å². The third-order valence-electron chi connectivity index (χ3n) is 2.40. The maximum atomic E-state index is 5.69. The van der Waals surface area contributed by atoms with Gasteiger partial charge in [-0.15, -0.1) is 5.10 Å². The number of ether oxygens (including phenoxy) is 1. The first-order chi connectivity index (χ1) is 8.69. The van der Waals surface area contributed by atoms with Gasteiger partial charge < -0.3 is 10.1 Å². The van der Waals surface area contributed by atoms with Crippen LogP contribution in [0.15, 0.2) is 28.9 Å². The van der Waals surface area contributed by atoms with Gasteiger partial charge in [0.1, 0.15) is 18.1 Å². The van der Waals surface area contributed by atoms with Gasteiger partial charge in [-0.3, -0.25) is 4.68 Å². The molecule has 0 saturated heterocycles. The molecule has 0 atom stereocenters. The van der Waals surface area contributed by atoms with Crippen molar-refractivity contribution in [3.8, 4) is 5.75 Å². The molecule has 0 unspecified atom stereocenters. The fourth-order valence-corrected chi connectivity index (χ4v) is 2.13. The van der Waals surface area contributed by atoms with Crippen molar-refractivity contribution in [2.24, 2.45) is 7.05 Å². The molecule has 1 N–H and O–H groups in total. The van der Waals surface area contributed by atoms with Gasteiger partial charge >= 0.3 is 0 Å². The van der Waals surface area contributed by atoms with Gasteiger partial charge in [-0.1, -0.05) is 11.3 Å². The molecule has 0 aliphatic rings. The van der Waals surface area contributed by atoms with Gasteiger partial charge in [-0.05, 0) is 40.7 Å². The maximum absolute atomic E-state index is 5.69. The monoisotopic (exact) mass is 310 g/mol. The van der Waals surface area contributed by atoms with Crippen LogP contribution in [0.1, 0.15) is 11.3 Å². The van der Waals surface area contributed by atoms with Crippen LogP contribution < -0.4 is 10.1 Å². The van der Waals surface area contributed by atoms with Crippen molar-refractivity contribution >= 4 is 15.9 Å². The quantitative estimate of drug-likeness (QED) is 0.916. The van der Waals surface area contributed by atoms with Crippen LogP contribution in [0.3, 0.4) is 0 Å². The molecule has 0 aliphatic heterocycles. The average molecular weight is 311 g/mol. The van der Waals surface area contributed by atoms with E-state index in [0.29, 0.717) is 6.61 Å². The Labute approximate surface area is 114 Å². The van der Waals surface area contributed by atoms with Crippen LogP contribution in [0.4, 0.5) is 0 Å². The van der Waals surface area contributed by atoms with Crippen molar-refractivity contribution in [3.63, 3.8) is 0 Å². The van der Waals surface area contributed by atoms with E-state index in [2.05, 4.69) is 31.6 Å². The van der Waals surface area contributed by atoms with Gasteiger partial charge in [0.15, 0.2) is 0 Å². The molecule has 2 rings (SSSR count). The van der Waals surface area contributed by atoms with Crippen molar-refractivity contribution in [1.82, 2.24) is 20.3 Å². The largest absolute Gasteiger partial charge is 0.486 e. The minimum atomic E-state index is 0.414. The summed E-state index contributed by atoms with van der Waals surface area (Å²) >= 11 is 3.50.